The molecule has 6 nitrogen and oxygen atoms in total. The third-order valence-electron chi connectivity index (χ3n) is 3.18. The average Bonchev–Trinajstić information content (AvgIpc) is 2.80. The van der Waals surface area contributed by atoms with Crippen LogP contribution in [0.25, 0.3) is 0 Å². The molecule has 1 aromatic carbocycles. The Bertz CT molecular complexity index is 506. The molecule has 20 heavy (non-hydrogen) atoms. The number of carboxylic acids is 1. The molecule has 1 heterocycles. The highest BCUT2D eigenvalue weighted by Crippen LogP contribution is 2.18. The van der Waals surface area contributed by atoms with Gasteiger partial charge in [-0.1, -0.05) is 23.7 Å². The molecule has 1 aliphatic rings. The number of nitrogens with one attached hydrogen (secondary N) is 1. The average molecular weight is 299 g/mol. The summed E-state index contributed by atoms with van der Waals surface area (Å²) in [5, 5.41) is 21.7. The number of carbonyl (C=O) groups excluding carboxylic acids is 1. The highest BCUT2D eigenvalue weighted by atomic mass is 35.5. The van der Waals surface area contributed by atoms with E-state index in [2.05, 4.69) is 5.32 Å². The second-order valence-electron chi connectivity index (χ2n) is 4.68. The second-order valence-corrected chi connectivity index (χ2v) is 5.12. The molecule has 3 N–H and O–H groups in total. The van der Waals surface area contributed by atoms with Gasteiger partial charge >= 0.3 is 12.0 Å². The zero-order valence-corrected chi connectivity index (χ0v) is 11.4. The summed E-state index contributed by atoms with van der Waals surface area (Å²) < 4.78 is 0. The number of aliphatic hydroxyl groups excluding tert-OH is 1. The first-order valence-corrected chi connectivity index (χ1v) is 6.55. The molecule has 0 unspecified atom stereocenters. The fraction of sp³-hybridized carbons (Fsp3) is 0.385. The normalized spacial score (nSPS) is 21.8. The first-order valence-electron chi connectivity index (χ1n) is 6.17. The summed E-state index contributed by atoms with van der Waals surface area (Å²) in [4.78, 5) is 24.1. The number of aliphatic carboxylic acids is 1. The molecular weight excluding hydrogens is 284 g/mol. The Morgan fingerprint density at radius 3 is 2.60 bits per heavy atom. The fourth-order valence-corrected chi connectivity index (χ4v) is 2.28. The number of rotatable bonds is 3. The van der Waals surface area contributed by atoms with Crippen LogP contribution in [0, 0.1) is 0 Å². The summed E-state index contributed by atoms with van der Waals surface area (Å²) in [5.74, 6) is -1.11. The smallest absolute Gasteiger partial charge is 0.326 e. The van der Waals surface area contributed by atoms with Crippen molar-refractivity contribution in [3.63, 3.8) is 0 Å². The van der Waals surface area contributed by atoms with Crippen LogP contribution in [-0.4, -0.2) is 45.8 Å². The van der Waals surface area contributed by atoms with Gasteiger partial charge in [-0.15, -0.1) is 0 Å². The minimum Gasteiger partial charge on any atom is -0.480 e. The Kier molecular flexibility index (Phi) is 4.46. The monoisotopic (exact) mass is 298 g/mol. The van der Waals surface area contributed by atoms with E-state index in [-0.39, 0.29) is 19.5 Å². The van der Waals surface area contributed by atoms with Gasteiger partial charge in [0.2, 0.25) is 0 Å². The summed E-state index contributed by atoms with van der Waals surface area (Å²) in [5.41, 5.74) is 0.856. The molecule has 1 fully saturated rings. The highest BCUT2D eigenvalue weighted by molar-refractivity contribution is 6.30. The van der Waals surface area contributed by atoms with Gasteiger partial charge in [-0.25, -0.2) is 9.59 Å². The van der Waals surface area contributed by atoms with Crippen molar-refractivity contribution in [2.75, 3.05) is 6.54 Å². The molecule has 108 valence electrons. The highest BCUT2D eigenvalue weighted by Gasteiger charge is 2.38. The molecule has 2 rings (SSSR count). The maximum Gasteiger partial charge on any atom is 0.326 e. The van der Waals surface area contributed by atoms with Crippen molar-refractivity contribution in [1.82, 2.24) is 10.2 Å². The maximum atomic E-state index is 12.0. The molecule has 0 aromatic heterocycles. The summed E-state index contributed by atoms with van der Waals surface area (Å²) in [7, 11) is 0. The molecule has 1 saturated heterocycles. The van der Waals surface area contributed by atoms with E-state index in [9.17, 15) is 14.7 Å². The van der Waals surface area contributed by atoms with Gasteiger partial charge in [0.05, 0.1) is 6.10 Å². The van der Waals surface area contributed by atoms with Crippen LogP contribution in [0.5, 0.6) is 0 Å². The minimum atomic E-state index is -1.11. The zero-order chi connectivity index (χ0) is 14.7. The number of carbonyl (C=O) groups is 2. The summed E-state index contributed by atoms with van der Waals surface area (Å²) in [6, 6.07) is 5.50. The number of β-amino-alcohol motifs (C(OH)–C–C–N with tert-alkyl or cyclic N) is 1. The lowest BCUT2D eigenvalue weighted by Gasteiger charge is -2.21. The number of nitrogens with zero attached hydrogens (tertiary/aromatic N) is 1. The van der Waals surface area contributed by atoms with Crippen molar-refractivity contribution in [2.45, 2.75) is 25.1 Å². The van der Waals surface area contributed by atoms with Crippen LogP contribution < -0.4 is 5.32 Å². The Morgan fingerprint density at radius 1 is 1.35 bits per heavy atom. The van der Waals surface area contributed by atoms with Crippen LogP contribution in [0.15, 0.2) is 24.3 Å². The van der Waals surface area contributed by atoms with E-state index in [0.29, 0.717) is 5.02 Å². The molecule has 7 heteroatoms. The summed E-state index contributed by atoms with van der Waals surface area (Å²) >= 11 is 5.76. The summed E-state index contributed by atoms with van der Waals surface area (Å²) in [6.45, 7) is 0.304. The topological polar surface area (TPSA) is 89.9 Å². The molecule has 2 amide bonds. The minimum absolute atomic E-state index is 0.0312. The lowest BCUT2D eigenvalue weighted by atomic mass is 10.2. The summed E-state index contributed by atoms with van der Waals surface area (Å²) in [6.07, 6.45) is -0.735. The number of amides is 2. The van der Waals surface area contributed by atoms with Gasteiger partial charge in [0.25, 0.3) is 0 Å². The first-order chi connectivity index (χ1) is 9.47. The molecule has 0 bridgehead atoms. The van der Waals surface area contributed by atoms with Gasteiger partial charge in [0.15, 0.2) is 0 Å². The lowest BCUT2D eigenvalue weighted by Crippen LogP contribution is -2.45. The molecule has 1 aliphatic heterocycles. The van der Waals surface area contributed by atoms with Gasteiger partial charge in [-0.05, 0) is 17.7 Å². The van der Waals surface area contributed by atoms with Gasteiger partial charge < -0.3 is 20.4 Å². The molecular formula is C13H15ClN2O4. The van der Waals surface area contributed by atoms with Crippen LogP contribution in [0.3, 0.4) is 0 Å². The molecule has 0 aliphatic carbocycles. The molecule has 2 atom stereocenters. The van der Waals surface area contributed by atoms with Crippen molar-refractivity contribution < 1.29 is 19.8 Å². The quantitative estimate of drug-likeness (QED) is 0.778. The number of urea groups is 1. The van der Waals surface area contributed by atoms with E-state index in [1.165, 1.54) is 0 Å². The van der Waals surface area contributed by atoms with Crippen LogP contribution in [0.1, 0.15) is 12.0 Å². The van der Waals surface area contributed by atoms with Gasteiger partial charge in [0.1, 0.15) is 6.04 Å². The Balaban J connectivity index is 1.94. The number of aliphatic hydroxyl groups is 1. The second kappa shape index (κ2) is 6.11. The van der Waals surface area contributed by atoms with Gasteiger partial charge in [0, 0.05) is 24.5 Å². The Morgan fingerprint density at radius 2 is 2.00 bits per heavy atom. The van der Waals surface area contributed by atoms with E-state index in [1.807, 2.05) is 0 Å². The fourth-order valence-electron chi connectivity index (χ4n) is 2.15. The van der Waals surface area contributed by atoms with E-state index >= 15 is 0 Å². The number of hydrogen-bond donors (Lipinski definition) is 3. The van der Waals surface area contributed by atoms with Crippen LogP contribution >= 0.6 is 11.6 Å². The predicted molar refractivity (Wildman–Crippen MR) is 72.4 cm³/mol. The molecule has 0 saturated carbocycles. The van der Waals surface area contributed by atoms with Crippen LogP contribution in [0.4, 0.5) is 4.79 Å². The van der Waals surface area contributed by atoms with E-state index in [4.69, 9.17) is 16.7 Å². The zero-order valence-electron chi connectivity index (χ0n) is 10.6. The molecule has 0 spiro atoms. The van der Waals surface area contributed by atoms with Gasteiger partial charge in [-0.3, -0.25) is 0 Å². The Hall–Kier alpha value is -1.79. The van der Waals surface area contributed by atoms with Gasteiger partial charge in [-0.2, -0.15) is 0 Å². The first kappa shape index (κ1) is 14.6. The molecule has 1 aromatic rings. The van der Waals surface area contributed by atoms with Crippen molar-refractivity contribution >= 4 is 23.6 Å². The van der Waals surface area contributed by atoms with E-state index < -0.39 is 24.1 Å². The van der Waals surface area contributed by atoms with E-state index in [1.54, 1.807) is 24.3 Å². The number of benzene rings is 1. The number of likely N-dealkylation sites (tertiary alicyclic amines) is 1. The third-order valence-corrected chi connectivity index (χ3v) is 3.43. The maximum absolute atomic E-state index is 12.0. The SMILES string of the molecule is O=C(O)[C@H]1C[C@@H](O)CN1C(=O)NCc1ccc(Cl)cc1. The predicted octanol–water partition coefficient (Wildman–Crippen LogP) is 1.07. The number of hydrogen-bond acceptors (Lipinski definition) is 3. The Labute approximate surface area is 121 Å². The van der Waals surface area contributed by atoms with Crippen molar-refractivity contribution in [1.29, 1.82) is 0 Å². The van der Waals surface area contributed by atoms with E-state index in [0.717, 1.165) is 10.5 Å². The lowest BCUT2D eigenvalue weighted by molar-refractivity contribution is -0.141. The van der Waals surface area contributed by atoms with Crippen molar-refractivity contribution in [2.24, 2.45) is 0 Å². The van der Waals surface area contributed by atoms with Crippen molar-refractivity contribution in [3.05, 3.63) is 34.9 Å². The number of carboxylic acid groups (broad SMARTS) is 1. The van der Waals surface area contributed by atoms with Crippen molar-refractivity contribution in [3.8, 4) is 0 Å². The third kappa shape index (κ3) is 3.40. The van der Waals surface area contributed by atoms with Crippen LogP contribution in [0.2, 0.25) is 5.02 Å². The van der Waals surface area contributed by atoms with Crippen LogP contribution in [-0.2, 0) is 11.3 Å². The standard InChI is InChI=1S/C13H15ClN2O4/c14-9-3-1-8(2-4-9)6-15-13(20)16-7-10(17)5-11(16)12(18)19/h1-4,10-11,17H,5-7H2,(H,15,20)(H,18,19)/t10-,11-/m1/s1. The molecule has 0 radical (unpaired) electrons. The largest absolute Gasteiger partial charge is 0.480 e. The number of halogens is 1.